The van der Waals surface area contributed by atoms with E-state index in [-0.39, 0.29) is 10.9 Å². The number of carboxylic acid groups (broad SMARTS) is 1. The topological polar surface area (TPSA) is 138 Å². The monoisotopic (exact) mass is 433 g/mol. The van der Waals surface area contributed by atoms with Gasteiger partial charge < -0.3 is 20.2 Å². The number of fused-ring (bicyclic) bond motifs is 3. The number of carboxylic acids is 1. The first kappa shape index (κ1) is 21.6. The normalized spacial score (nSPS) is 12.9. The standard InChI is InChI=1S/C20H23N3O6S/c1-4-21-20(26)22-12-5-7-14-15-10-13(6-8-16(15)29-17(14)9-12)30(27,28)23-18(11(2)3)19(24)25/h5-11,18,23H,4H2,1-3H3,(H,24,25)(H2,21,22,26)/t18-/m0/s1. The first-order valence-corrected chi connectivity index (χ1v) is 10.9. The van der Waals surface area contributed by atoms with Crippen molar-refractivity contribution < 1.29 is 27.5 Å². The zero-order chi connectivity index (χ0) is 22.1. The highest BCUT2D eigenvalue weighted by Gasteiger charge is 2.28. The van der Waals surface area contributed by atoms with Gasteiger partial charge in [-0.15, -0.1) is 0 Å². The van der Waals surface area contributed by atoms with Gasteiger partial charge in [0.25, 0.3) is 0 Å². The van der Waals surface area contributed by atoms with E-state index >= 15 is 0 Å². The van der Waals surface area contributed by atoms with Crippen LogP contribution >= 0.6 is 0 Å². The lowest BCUT2D eigenvalue weighted by Crippen LogP contribution is -2.44. The van der Waals surface area contributed by atoms with E-state index in [1.807, 2.05) is 6.92 Å². The predicted molar refractivity (Wildman–Crippen MR) is 113 cm³/mol. The Bertz CT molecular complexity index is 1220. The maximum Gasteiger partial charge on any atom is 0.322 e. The van der Waals surface area contributed by atoms with Crippen molar-refractivity contribution in [3.63, 3.8) is 0 Å². The van der Waals surface area contributed by atoms with Crippen molar-refractivity contribution in [3.8, 4) is 0 Å². The molecule has 0 saturated carbocycles. The maximum atomic E-state index is 12.7. The molecule has 3 aromatic rings. The van der Waals surface area contributed by atoms with Gasteiger partial charge in [-0.2, -0.15) is 4.72 Å². The van der Waals surface area contributed by atoms with Gasteiger partial charge in [0.15, 0.2) is 0 Å². The highest BCUT2D eigenvalue weighted by molar-refractivity contribution is 7.89. The van der Waals surface area contributed by atoms with E-state index in [1.165, 1.54) is 18.2 Å². The van der Waals surface area contributed by atoms with Gasteiger partial charge in [0.1, 0.15) is 17.2 Å². The second-order valence-electron chi connectivity index (χ2n) is 7.14. The number of rotatable bonds is 7. The Labute approximate surface area is 173 Å². The van der Waals surface area contributed by atoms with Crippen LogP contribution in [-0.4, -0.2) is 38.1 Å². The van der Waals surface area contributed by atoms with E-state index in [9.17, 15) is 23.1 Å². The number of aliphatic carboxylic acids is 1. The summed E-state index contributed by atoms with van der Waals surface area (Å²) in [6.45, 7) is 5.55. The number of hydrogen-bond acceptors (Lipinski definition) is 5. The Morgan fingerprint density at radius 2 is 1.80 bits per heavy atom. The number of benzene rings is 2. The molecule has 3 rings (SSSR count). The summed E-state index contributed by atoms with van der Waals surface area (Å²) in [5, 5.41) is 15.8. The van der Waals surface area contributed by atoms with E-state index in [1.54, 1.807) is 32.0 Å². The van der Waals surface area contributed by atoms with Crippen LogP contribution in [0.1, 0.15) is 20.8 Å². The van der Waals surface area contributed by atoms with Crippen molar-refractivity contribution in [1.29, 1.82) is 0 Å². The van der Waals surface area contributed by atoms with Crippen molar-refractivity contribution in [3.05, 3.63) is 36.4 Å². The van der Waals surface area contributed by atoms with Crippen molar-refractivity contribution in [1.82, 2.24) is 10.0 Å². The Morgan fingerprint density at radius 3 is 2.43 bits per heavy atom. The minimum absolute atomic E-state index is 0.0610. The zero-order valence-electron chi connectivity index (χ0n) is 16.7. The summed E-state index contributed by atoms with van der Waals surface area (Å²) in [6, 6.07) is 7.80. The molecule has 4 N–H and O–H groups in total. The molecule has 2 amide bonds. The van der Waals surface area contributed by atoms with Gasteiger partial charge >= 0.3 is 12.0 Å². The molecule has 0 saturated heterocycles. The molecule has 1 aromatic heterocycles. The fraction of sp³-hybridized carbons (Fsp3) is 0.300. The minimum Gasteiger partial charge on any atom is -0.480 e. The van der Waals surface area contributed by atoms with Crippen LogP contribution in [0.3, 0.4) is 0 Å². The Balaban J connectivity index is 1.98. The summed E-state index contributed by atoms with van der Waals surface area (Å²) < 4.78 is 33.5. The summed E-state index contributed by atoms with van der Waals surface area (Å²) in [7, 11) is -4.06. The van der Waals surface area contributed by atoms with Crippen LogP contribution in [0.4, 0.5) is 10.5 Å². The predicted octanol–water partition coefficient (Wildman–Crippen LogP) is 3.11. The molecule has 0 radical (unpaired) electrons. The summed E-state index contributed by atoms with van der Waals surface area (Å²) >= 11 is 0. The average molecular weight is 433 g/mol. The Morgan fingerprint density at radius 1 is 1.07 bits per heavy atom. The quantitative estimate of drug-likeness (QED) is 0.452. The molecular weight excluding hydrogens is 410 g/mol. The number of anilines is 1. The number of urea groups is 1. The fourth-order valence-electron chi connectivity index (χ4n) is 3.04. The summed E-state index contributed by atoms with van der Waals surface area (Å²) in [6.07, 6.45) is 0. The van der Waals surface area contributed by atoms with Crippen LogP contribution in [0.15, 0.2) is 45.7 Å². The lowest BCUT2D eigenvalue weighted by molar-refractivity contribution is -0.140. The van der Waals surface area contributed by atoms with Crippen molar-refractivity contribution in [2.45, 2.75) is 31.7 Å². The fourth-order valence-corrected chi connectivity index (χ4v) is 4.41. The molecule has 0 unspecified atom stereocenters. The van der Waals surface area contributed by atoms with Crippen LogP contribution in [0, 0.1) is 5.92 Å². The molecule has 1 heterocycles. The van der Waals surface area contributed by atoms with Gasteiger partial charge in [0, 0.05) is 29.1 Å². The molecular formula is C20H23N3O6S. The highest BCUT2D eigenvalue weighted by Crippen LogP contribution is 2.32. The molecule has 10 heteroatoms. The van der Waals surface area contributed by atoms with Crippen LogP contribution in [0.25, 0.3) is 21.9 Å². The molecule has 0 aliphatic heterocycles. The molecule has 30 heavy (non-hydrogen) atoms. The molecule has 0 bridgehead atoms. The smallest absolute Gasteiger partial charge is 0.322 e. The highest BCUT2D eigenvalue weighted by atomic mass is 32.2. The van der Waals surface area contributed by atoms with E-state index in [0.717, 1.165) is 0 Å². The second kappa shape index (κ2) is 8.33. The van der Waals surface area contributed by atoms with E-state index in [0.29, 0.717) is 34.2 Å². The first-order chi connectivity index (χ1) is 14.1. The number of furan rings is 1. The number of amides is 2. The Hall–Kier alpha value is -3.11. The van der Waals surface area contributed by atoms with Gasteiger partial charge in [-0.3, -0.25) is 4.79 Å². The van der Waals surface area contributed by atoms with Gasteiger partial charge in [0.2, 0.25) is 10.0 Å². The lowest BCUT2D eigenvalue weighted by Gasteiger charge is -2.17. The number of sulfonamides is 1. The third kappa shape index (κ3) is 4.39. The molecule has 0 fully saturated rings. The van der Waals surface area contributed by atoms with Crippen LogP contribution in [0.5, 0.6) is 0 Å². The lowest BCUT2D eigenvalue weighted by atomic mass is 10.1. The molecule has 160 valence electrons. The average Bonchev–Trinajstić information content (AvgIpc) is 3.02. The SMILES string of the molecule is CCNC(=O)Nc1ccc2c(c1)oc1ccc(S(=O)(=O)N[C@H](C(=O)O)C(C)C)cc12. The first-order valence-electron chi connectivity index (χ1n) is 9.38. The van der Waals surface area contributed by atoms with Crippen LogP contribution < -0.4 is 15.4 Å². The van der Waals surface area contributed by atoms with Gasteiger partial charge in [-0.05, 0) is 43.2 Å². The summed E-state index contributed by atoms with van der Waals surface area (Å²) in [5.41, 5.74) is 1.48. The van der Waals surface area contributed by atoms with Gasteiger partial charge in [0.05, 0.1) is 4.90 Å². The number of carbonyl (C=O) groups is 2. The summed E-state index contributed by atoms with van der Waals surface area (Å²) in [4.78, 5) is 23.0. The molecule has 9 nitrogen and oxygen atoms in total. The van der Waals surface area contributed by atoms with Crippen LogP contribution in [-0.2, 0) is 14.8 Å². The number of nitrogens with one attached hydrogen (secondary N) is 3. The van der Waals surface area contributed by atoms with E-state index in [4.69, 9.17) is 4.42 Å². The van der Waals surface area contributed by atoms with Crippen molar-refractivity contribution in [2.24, 2.45) is 5.92 Å². The minimum atomic E-state index is -4.06. The molecule has 2 aromatic carbocycles. The second-order valence-corrected chi connectivity index (χ2v) is 8.85. The summed E-state index contributed by atoms with van der Waals surface area (Å²) in [5.74, 6) is -1.66. The zero-order valence-corrected chi connectivity index (χ0v) is 17.5. The van der Waals surface area contributed by atoms with Gasteiger partial charge in [-0.25, -0.2) is 13.2 Å². The maximum absolute atomic E-state index is 12.7. The van der Waals surface area contributed by atoms with E-state index < -0.39 is 28.0 Å². The number of carbonyl (C=O) groups excluding carboxylic acids is 1. The van der Waals surface area contributed by atoms with Crippen molar-refractivity contribution >= 4 is 49.6 Å². The molecule has 0 spiro atoms. The van der Waals surface area contributed by atoms with Crippen molar-refractivity contribution in [2.75, 3.05) is 11.9 Å². The van der Waals surface area contributed by atoms with Crippen LogP contribution in [0.2, 0.25) is 0 Å². The van der Waals surface area contributed by atoms with Gasteiger partial charge in [-0.1, -0.05) is 13.8 Å². The third-order valence-corrected chi connectivity index (χ3v) is 6.00. The molecule has 0 aliphatic carbocycles. The largest absolute Gasteiger partial charge is 0.480 e. The third-order valence-electron chi connectivity index (χ3n) is 4.56. The Kier molecular flexibility index (Phi) is 5.99. The number of hydrogen-bond donors (Lipinski definition) is 4. The molecule has 1 atom stereocenters. The molecule has 0 aliphatic rings. The van der Waals surface area contributed by atoms with E-state index in [2.05, 4.69) is 15.4 Å².